The Hall–Kier alpha value is -0.450. The normalized spacial score (nSPS) is 16.3. The zero-order valence-electron chi connectivity index (χ0n) is 5.86. The molecule has 4 heteroatoms. The molecule has 0 spiro atoms. The summed E-state index contributed by atoms with van der Waals surface area (Å²) >= 11 is 0. The van der Waals surface area contributed by atoms with Crippen LogP contribution in [0.1, 0.15) is 12.8 Å². The Kier molecular flexibility index (Phi) is 5.10. The monoisotopic (exact) mass is 146 g/mol. The van der Waals surface area contributed by atoms with Crippen LogP contribution >= 0.6 is 0 Å². The van der Waals surface area contributed by atoms with Crippen molar-refractivity contribution in [2.45, 2.75) is 25.0 Å². The first-order valence-corrected chi connectivity index (χ1v) is 3.29. The van der Waals surface area contributed by atoms with Crippen molar-refractivity contribution in [3.63, 3.8) is 0 Å². The largest absolute Gasteiger partial charge is 0.392 e. The van der Waals surface area contributed by atoms with Gasteiger partial charge in [-0.25, -0.2) is 0 Å². The SMILES string of the molecule is NC[C@@H](O)CCC(N)C=O. The first kappa shape index (κ1) is 9.55. The molecular formula is C6H14N2O2. The summed E-state index contributed by atoms with van der Waals surface area (Å²) in [5, 5.41) is 8.91. The molecule has 10 heavy (non-hydrogen) atoms. The molecule has 0 amide bonds. The number of aliphatic hydroxyl groups is 1. The lowest BCUT2D eigenvalue weighted by Crippen LogP contribution is -2.26. The van der Waals surface area contributed by atoms with Crippen molar-refractivity contribution in [3.05, 3.63) is 0 Å². The third-order valence-electron chi connectivity index (χ3n) is 1.28. The Bertz CT molecular complexity index is 97.7. The van der Waals surface area contributed by atoms with Crippen molar-refractivity contribution in [2.75, 3.05) is 6.54 Å². The Labute approximate surface area is 60.2 Å². The molecule has 4 nitrogen and oxygen atoms in total. The molecule has 60 valence electrons. The van der Waals surface area contributed by atoms with Gasteiger partial charge in [0.05, 0.1) is 12.1 Å². The second kappa shape index (κ2) is 5.34. The molecule has 0 saturated carbocycles. The standard InChI is InChI=1S/C6H14N2O2/c7-3-6(10)2-1-5(8)4-9/h4-6,10H,1-3,7-8H2/t5?,6-/m0/s1. The Morgan fingerprint density at radius 1 is 1.50 bits per heavy atom. The van der Waals surface area contributed by atoms with E-state index < -0.39 is 12.1 Å². The molecule has 0 heterocycles. The smallest absolute Gasteiger partial charge is 0.136 e. The predicted molar refractivity (Wildman–Crippen MR) is 38.3 cm³/mol. The van der Waals surface area contributed by atoms with Gasteiger partial charge in [0.1, 0.15) is 6.29 Å². The van der Waals surface area contributed by atoms with Gasteiger partial charge in [0.2, 0.25) is 0 Å². The summed E-state index contributed by atoms with van der Waals surface area (Å²) in [6.07, 6.45) is 1.15. The minimum Gasteiger partial charge on any atom is -0.392 e. The van der Waals surface area contributed by atoms with Crippen LogP contribution in [0.25, 0.3) is 0 Å². The van der Waals surface area contributed by atoms with Gasteiger partial charge in [-0.2, -0.15) is 0 Å². The third-order valence-corrected chi connectivity index (χ3v) is 1.28. The fraction of sp³-hybridized carbons (Fsp3) is 0.833. The van der Waals surface area contributed by atoms with Crippen LogP contribution in [0.4, 0.5) is 0 Å². The van der Waals surface area contributed by atoms with Crippen LogP contribution < -0.4 is 11.5 Å². The molecule has 0 aromatic rings. The number of carbonyl (C=O) groups is 1. The maximum Gasteiger partial charge on any atom is 0.136 e. The number of nitrogens with two attached hydrogens (primary N) is 2. The van der Waals surface area contributed by atoms with Gasteiger partial charge in [0, 0.05) is 6.54 Å². The summed E-state index contributed by atoms with van der Waals surface area (Å²) in [5.74, 6) is 0. The third kappa shape index (κ3) is 4.43. The van der Waals surface area contributed by atoms with Crippen LogP contribution in [-0.2, 0) is 4.79 Å². The van der Waals surface area contributed by atoms with Gasteiger partial charge in [-0.05, 0) is 12.8 Å². The minimum atomic E-state index is -0.522. The summed E-state index contributed by atoms with van der Waals surface area (Å²) in [4.78, 5) is 9.97. The summed E-state index contributed by atoms with van der Waals surface area (Å²) in [7, 11) is 0. The molecule has 1 unspecified atom stereocenters. The van der Waals surface area contributed by atoms with Gasteiger partial charge >= 0.3 is 0 Å². The molecule has 0 aromatic carbocycles. The van der Waals surface area contributed by atoms with Gasteiger partial charge in [-0.1, -0.05) is 0 Å². The highest BCUT2D eigenvalue weighted by atomic mass is 16.3. The van der Waals surface area contributed by atoms with Crippen molar-refractivity contribution in [1.82, 2.24) is 0 Å². The molecule has 0 rings (SSSR count). The number of aliphatic hydroxyl groups excluding tert-OH is 1. The summed E-state index contributed by atoms with van der Waals surface area (Å²) in [6, 6.07) is -0.457. The number of carbonyl (C=O) groups excluding carboxylic acids is 1. The lowest BCUT2D eigenvalue weighted by molar-refractivity contribution is -0.109. The minimum absolute atomic E-state index is 0.228. The fourth-order valence-electron chi connectivity index (χ4n) is 0.571. The van der Waals surface area contributed by atoms with E-state index in [1.807, 2.05) is 0 Å². The Morgan fingerprint density at radius 3 is 2.50 bits per heavy atom. The first-order chi connectivity index (χ1) is 4.70. The molecular weight excluding hydrogens is 132 g/mol. The zero-order valence-corrected chi connectivity index (χ0v) is 5.86. The van der Waals surface area contributed by atoms with Crippen molar-refractivity contribution in [3.8, 4) is 0 Å². The van der Waals surface area contributed by atoms with E-state index in [4.69, 9.17) is 16.6 Å². The molecule has 0 fully saturated rings. The van der Waals surface area contributed by atoms with Crippen LogP contribution in [0.2, 0.25) is 0 Å². The topological polar surface area (TPSA) is 89.3 Å². The highest BCUT2D eigenvalue weighted by Gasteiger charge is 2.04. The average molecular weight is 146 g/mol. The van der Waals surface area contributed by atoms with E-state index >= 15 is 0 Å². The first-order valence-electron chi connectivity index (χ1n) is 3.29. The van der Waals surface area contributed by atoms with E-state index in [2.05, 4.69) is 0 Å². The van der Waals surface area contributed by atoms with Crippen LogP contribution in [0.5, 0.6) is 0 Å². The van der Waals surface area contributed by atoms with E-state index in [-0.39, 0.29) is 6.54 Å². The Morgan fingerprint density at radius 2 is 2.10 bits per heavy atom. The number of rotatable bonds is 5. The zero-order chi connectivity index (χ0) is 7.98. The fourth-order valence-corrected chi connectivity index (χ4v) is 0.571. The highest BCUT2D eigenvalue weighted by molar-refractivity contribution is 5.56. The maximum absolute atomic E-state index is 9.97. The molecule has 0 bridgehead atoms. The van der Waals surface area contributed by atoms with E-state index in [1.54, 1.807) is 0 Å². The maximum atomic E-state index is 9.97. The van der Waals surface area contributed by atoms with Crippen LogP contribution in [0.3, 0.4) is 0 Å². The van der Waals surface area contributed by atoms with Gasteiger partial charge in [-0.3, -0.25) is 0 Å². The summed E-state index contributed by atoms with van der Waals surface area (Å²) < 4.78 is 0. The van der Waals surface area contributed by atoms with Gasteiger partial charge < -0.3 is 21.4 Å². The second-order valence-corrected chi connectivity index (χ2v) is 2.27. The molecule has 0 aromatic heterocycles. The number of hydrogen-bond acceptors (Lipinski definition) is 4. The van der Waals surface area contributed by atoms with E-state index in [0.717, 1.165) is 0 Å². The van der Waals surface area contributed by atoms with Crippen molar-refractivity contribution in [2.24, 2.45) is 11.5 Å². The predicted octanol–water partition coefficient (Wildman–Crippen LogP) is -1.39. The van der Waals surface area contributed by atoms with Crippen molar-refractivity contribution >= 4 is 6.29 Å². The number of aldehydes is 1. The lowest BCUT2D eigenvalue weighted by atomic mass is 10.1. The molecule has 0 aliphatic carbocycles. The molecule has 5 N–H and O–H groups in total. The molecule has 0 radical (unpaired) electrons. The van der Waals surface area contributed by atoms with E-state index in [1.165, 1.54) is 0 Å². The van der Waals surface area contributed by atoms with Crippen LogP contribution in [0.15, 0.2) is 0 Å². The average Bonchev–Trinajstić information content (AvgIpc) is 1.99. The van der Waals surface area contributed by atoms with Crippen molar-refractivity contribution in [1.29, 1.82) is 0 Å². The van der Waals surface area contributed by atoms with Gasteiger partial charge in [0.25, 0.3) is 0 Å². The number of hydrogen-bond donors (Lipinski definition) is 3. The van der Waals surface area contributed by atoms with E-state index in [9.17, 15) is 4.79 Å². The van der Waals surface area contributed by atoms with Gasteiger partial charge in [0.15, 0.2) is 0 Å². The Balaban J connectivity index is 3.25. The molecule has 0 saturated heterocycles. The van der Waals surface area contributed by atoms with Crippen LogP contribution in [0, 0.1) is 0 Å². The molecule has 0 aliphatic rings. The lowest BCUT2D eigenvalue weighted by Gasteiger charge is -2.07. The second-order valence-electron chi connectivity index (χ2n) is 2.27. The summed E-state index contributed by atoms with van der Waals surface area (Å²) in [6.45, 7) is 0.228. The highest BCUT2D eigenvalue weighted by Crippen LogP contribution is 1.96. The quantitative estimate of drug-likeness (QED) is 0.417. The summed E-state index contributed by atoms with van der Waals surface area (Å²) in [5.41, 5.74) is 10.4. The molecule has 0 aliphatic heterocycles. The molecule has 2 atom stereocenters. The van der Waals surface area contributed by atoms with E-state index in [0.29, 0.717) is 19.1 Å². The van der Waals surface area contributed by atoms with Gasteiger partial charge in [-0.15, -0.1) is 0 Å². The van der Waals surface area contributed by atoms with Crippen LogP contribution in [-0.4, -0.2) is 30.1 Å². The van der Waals surface area contributed by atoms with Crippen molar-refractivity contribution < 1.29 is 9.90 Å².